The van der Waals surface area contributed by atoms with Gasteiger partial charge in [0.05, 0.1) is 16.8 Å². The topological polar surface area (TPSA) is 97.1 Å². The van der Waals surface area contributed by atoms with E-state index in [9.17, 15) is 14.0 Å². The molecule has 7 nitrogen and oxygen atoms in total. The van der Waals surface area contributed by atoms with Crippen LogP contribution in [-0.2, 0) is 16.9 Å². The quantitative estimate of drug-likeness (QED) is 0.865. The van der Waals surface area contributed by atoms with Gasteiger partial charge in [0.1, 0.15) is 12.4 Å². The molecule has 0 radical (unpaired) electrons. The predicted octanol–water partition coefficient (Wildman–Crippen LogP) is 1.82. The van der Waals surface area contributed by atoms with Crippen molar-refractivity contribution in [3.63, 3.8) is 0 Å². The second-order valence-electron chi connectivity index (χ2n) is 5.38. The van der Waals surface area contributed by atoms with E-state index in [-0.39, 0.29) is 22.8 Å². The number of hydrogen-bond donors (Lipinski definition) is 2. The second kappa shape index (κ2) is 6.33. The molecule has 0 spiro atoms. The average Bonchev–Trinajstić information content (AvgIpc) is 2.89. The van der Waals surface area contributed by atoms with Gasteiger partial charge in [0.25, 0.3) is 0 Å². The van der Waals surface area contributed by atoms with Crippen LogP contribution in [0, 0.1) is 5.82 Å². The molecule has 0 unspecified atom stereocenters. The summed E-state index contributed by atoms with van der Waals surface area (Å²) < 4.78 is 15.2. The first-order chi connectivity index (χ1) is 10.7. The first-order valence-corrected chi connectivity index (χ1v) is 6.97. The Morgan fingerprint density at radius 3 is 2.74 bits per heavy atom. The van der Waals surface area contributed by atoms with Crippen molar-refractivity contribution in [2.24, 2.45) is 0 Å². The van der Waals surface area contributed by atoms with Crippen molar-refractivity contribution in [2.75, 3.05) is 0 Å². The van der Waals surface area contributed by atoms with Crippen LogP contribution in [-0.4, -0.2) is 32.0 Å². The highest BCUT2D eigenvalue weighted by molar-refractivity contribution is 6.30. The van der Waals surface area contributed by atoms with E-state index < -0.39 is 23.2 Å². The van der Waals surface area contributed by atoms with Gasteiger partial charge in [-0.1, -0.05) is 28.9 Å². The molecule has 0 atom stereocenters. The van der Waals surface area contributed by atoms with Gasteiger partial charge in [-0.3, -0.25) is 4.79 Å². The van der Waals surface area contributed by atoms with Crippen LogP contribution < -0.4 is 5.32 Å². The Labute approximate surface area is 136 Å². The molecule has 2 N–H and O–H groups in total. The molecule has 0 aliphatic carbocycles. The van der Waals surface area contributed by atoms with Crippen LogP contribution in [0.5, 0.6) is 0 Å². The molecule has 1 heterocycles. The van der Waals surface area contributed by atoms with Gasteiger partial charge in [-0.15, -0.1) is 5.10 Å². The molecular formula is C14H14ClFN4O3. The molecule has 2 aromatic rings. The number of amides is 1. The molecule has 23 heavy (non-hydrogen) atoms. The fraction of sp³-hybridized carbons (Fsp3) is 0.286. The molecular weight excluding hydrogens is 327 g/mol. The predicted molar refractivity (Wildman–Crippen MR) is 79.6 cm³/mol. The van der Waals surface area contributed by atoms with Crippen LogP contribution >= 0.6 is 11.6 Å². The number of nitrogens with zero attached hydrogens (tertiary/aromatic N) is 3. The SMILES string of the molecule is CC(C)(NC(=O)Cn1cc(C(=O)O)nn1)c1cccc(Cl)c1F. The molecule has 1 aromatic heterocycles. The Hall–Kier alpha value is -2.48. The average molecular weight is 341 g/mol. The maximum absolute atomic E-state index is 14.1. The van der Waals surface area contributed by atoms with Crippen molar-refractivity contribution < 1.29 is 19.1 Å². The number of carbonyl (C=O) groups excluding carboxylic acids is 1. The smallest absolute Gasteiger partial charge is 0.358 e. The molecule has 0 saturated carbocycles. The first kappa shape index (κ1) is 16.9. The highest BCUT2D eigenvalue weighted by Crippen LogP contribution is 2.27. The summed E-state index contributed by atoms with van der Waals surface area (Å²) in [6.45, 7) is 3.01. The summed E-state index contributed by atoms with van der Waals surface area (Å²) in [6.07, 6.45) is 1.13. The van der Waals surface area contributed by atoms with E-state index in [0.29, 0.717) is 0 Å². The summed E-state index contributed by atoms with van der Waals surface area (Å²) in [4.78, 5) is 22.8. The minimum absolute atomic E-state index is 0.0350. The zero-order valence-electron chi connectivity index (χ0n) is 12.4. The van der Waals surface area contributed by atoms with Crippen LogP contribution in [0.25, 0.3) is 0 Å². The number of rotatable bonds is 5. The standard InChI is InChI=1S/C14H14ClFN4O3/c1-14(2,8-4-3-5-9(15)12(8)16)17-11(21)7-20-6-10(13(22)23)18-19-20/h3-6H,7H2,1-2H3,(H,17,21)(H,22,23). The van der Waals surface area contributed by atoms with E-state index in [4.69, 9.17) is 16.7 Å². The van der Waals surface area contributed by atoms with E-state index in [1.165, 1.54) is 12.1 Å². The van der Waals surface area contributed by atoms with E-state index in [1.54, 1.807) is 19.9 Å². The Morgan fingerprint density at radius 2 is 2.13 bits per heavy atom. The summed E-state index contributed by atoms with van der Waals surface area (Å²) in [5, 5.41) is 18.3. The van der Waals surface area contributed by atoms with Gasteiger partial charge in [-0.05, 0) is 19.9 Å². The minimum Gasteiger partial charge on any atom is -0.476 e. The molecule has 0 aliphatic rings. The van der Waals surface area contributed by atoms with Crippen molar-refractivity contribution in [1.82, 2.24) is 20.3 Å². The molecule has 0 bridgehead atoms. The number of carbonyl (C=O) groups is 2. The summed E-state index contributed by atoms with van der Waals surface area (Å²) in [6, 6.07) is 4.53. The monoisotopic (exact) mass is 340 g/mol. The molecule has 122 valence electrons. The van der Waals surface area contributed by atoms with Gasteiger partial charge in [0.2, 0.25) is 5.91 Å². The lowest BCUT2D eigenvalue weighted by atomic mass is 9.93. The fourth-order valence-electron chi connectivity index (χ4n) is 2.06. The molecule has 9 heteroatoms. The second-order valence-corrected chi connectivity index (χ2v) is 5.79. The maximum Gasteiger partial charge on any atom is 0.358 e. The van der Waals surface area contributed by atoms with Crippen molar-refractivity contribution in [1.29, 1.82) is 0 Å². The van der Waals surface area contributed by atoms with Gasteiger partial charge in [-0.2, -0.15) is 0 Å². The number of hydrogen-bond acceptors (Lipinski definition) is 4. The van der Waals surface area contributed by atoms with Gasteiger partial charge in [0.15, 0.2) is 5.69 Å². The fourth-order valence-corrected chi connectivity index (χ4v) is 2.24. The zero-order valence-corrected chi connectivity index (χ0v) is 13.1. The van der Waals surface area contributed by atoms with Crippen LogP contribution in [0.4, 0.5) is 4.39 Å². The summed E-state index contributed by atoms with van der Waals surface area (Å²) >= 11 is 5.75. The Bertz CT molecular complexity index is 760. The molecule has 0 saturated heterocycles. The highest BCUT2D eigenvalue weighted by atomic mass is 35.5. The van der Waals surface area contributed by atoms with E-state index >= 15 is 0 Å². The third kappa shape index (κ3) is 3.84. The van der Waals surface area contributed by atoms with Crippen LogP contribution in [0.2, 0.25) is 5.02 Å². The lowest BCUT2D eigenvalue weighted by Gasteiger charge is -2.27. The molecule has 0 aliphatic heterocycles. The lowest BCUT2D eigenvalue weighted by molar-refractivity contribution is -0.123. The van der Waals surface area contributed by atoms with Gasteiger partial charge >= 0.3 is 5.97 Å². The normalized spacial score (nSPS) is 11.3. The third-order valence-electron chi connectivity index (χ3n) is 3.14. The largest absolute Gasteiger partial charge is 0.476 e. The Kier molecular flexibility index (Phi) is 4.65. The number of benzene rings is 1. The third-order valence-corrected chi connectivity index (χ3v) is 3.43. The number of halogens is 2. The number of carboxylic acids is 1. The molecule has 1 amide bonds. The summed E-state index contributed by atoms with van der Waals surface area (Å²) in [5.74, 6) is -2.32. The van der Waals surface area contributed by atoms with Crippen LogP contribution in [0.15, 0.2) is 24.4 Å². The number of aromatic carboxylic acids is 1. The molecule has 0 fully saturated rings. The van der Waals surface area contributed by atoms with E-state index in [0.717, 1.165) is 10.9 Å². The van der Waals surface area contributed by atoms with Crippen molar-refractivity contribution in [2.45, 2.75) is 25.9 Å². The lowest BCUT2D eigenvalue weighted by Crippen LogP contribution is -2.43. The number of nitrogens with one attached hydrogen (secondary N) is 1. The van der Waals surface area contributed by atoms with Crippen molar-refractivity contribution in [3.05, 3.63) is 46.5 Å². The van der Waals surface area contributed by atoms with Crippen LogP contribution in [0.1, 0.15) is 29.9 Å². The number of aromatic nitrogens is 3. The van der Waals surface area contributed by atoms with Crippen molar-refractivity contribution in [3.8, 4) is 0 Å². The molecule has 2 rings (SSSR count). The Balaban J connectivity index is 2.11. The number of carboxylic acid groups (broad SMARTS) is 1. The van der Waals surface area contributed by atoms with E-state index in [2.05, 4.69) is 15.6 Å². The van der Waals surface area contributed by atoms with E-state index in [1.807, 2.05) is 0 Å². The van der Waals surface area contributed by atoms with Gasteiger partial charge in [0, 0.05) is 5.56 Å². The summed E-state index contributed by atoms with van der Waals surface area (Å²) in [5.41, 5.74) is -1.04. The minimum atomic E-state index is -1.24. The Morgan fingerprint density at radius 1 is 1.43 bits per heavy atom. The first-order valence-electron chi connectivity index (χ1n) is 6.59. The van der Waals surface area contributed by atoms with Crippen LogP contribution in [0.3, 0.4) is 0 Å². The highest BCUT2D eigenvalue weighted by Gasteiger charge is 2.27. The van der Waals surface area contributed by atoms with Gasteiger partial charge < -0.3 is 10.4 Å². The molecule has 1 aromatic carbocycles. The van der Waals surface area contributed by atoms with Gasteiger partial charge in [-0.25, -0.2) is 13.9 Å². The maximum atomic E-state index is 14.1. The zero-order chi connectivity index (χ0) is 17.2. The van der Waals surface area contributed by atoms with Crippen molar-refractivity contribution >= 4 is 23.5 Å². The summed E-state index contributed by atoms with van der Waals surface area (Å²) in [7, 11) is 0.